The van der Waals surface area contributed by atoms with Gasteiger partial charge in [0.05, 0.1) is 17.0 Å². The van der Waals surface area contributed by atoms with E-state index >= 15 is 0 Å². The first kappa shape index (κ1) is 31.2. The van der Waals surface area contributed by atoms with Crippen molar-refractivity contribution >= 4 is 44.7 Å². The number of fused-ring (bicyclic) bond motifs is 1. The molecule has 5 nitrogen and oxygen atoms in total. The molecule has 4 aromatic rings. The van der Waals surface area contributed by atoms with Crippen LogP contribution in [0.2, 0.25) is 5.02 Å². The Morgan fingerprint density at radius 2 is 1.70 bits per heavy atom. The number of carbonyl (C=O) groups is 2. The third-order valence-corrected chi connectivity index (χ3v) is 10.7. The summed E-state index contributed by atoms with van der Waals surface area (Å²) in [6.45, 7) is 0. The Morgan fingerprint density at radius 1 is 1.00 bits per heavy atom. The molecule has 0 saturated heterocycles. The molecule has 1 aromatic heterocycles. The first-order valence-corrected chi connectivity index (χ1v) is 16.3. The number of methoxy groups -OCH3 is 1. The maximum absolute atomic E-state index is 13.8. The van der Waals surface area contributed by atoms with Crippen molar-refractivity contribution in [3.05, 3.63) is 87.8 Å². The highest BCUT2D eigenvalue weighted by Crippen LogP contribution is 2.40. The maximum atomic E-state index is 13.8. The Balaban J connectivity index is 1.37. The van der Waals surface area contributed by atoms with Crippen LogP contribution in [0.3, 0.4) is 0 Å². The smallest absolute Gasteiger partial charge is 0.253 e. The number of nitrogens with one attached hydrogen (secondary N) is 1. The lowest BCUT2D eigenvalue weighted by Crippen LogP contribution is -2.33. The molecule has 43 heavy (non-hydrogen) atoms. The molecule has 1 N–H and O–H groups in total. The van der Waals surface area contributed by atoms with E-state index in [1.807, 2.05) is 61.6 Å². The van der Waals surface area contributed by atoms with Gasteiger partial charge in [0, 0.05) is 42.2 Å². The summed E-state index contributed by atoms with van der Waals surface area (Å²) < 4.78 is 6.84. The van der Waals surface area contributed by atoms with E-state index < -0.39 is 0 Å². The molecule has 1 saturated carbocycles. The molecule has 1 atom stereocenters. The van der Waals surface area contributed by atoms with Gasteiger partial charge in [0.25, 0.3) is 5.91 Å². The van der Waals surface area contributed by atoms with Crippen LogP contribution in [0, 0.1) is 11.8 Å². The number of hydrogen-bond donors (Lipinski definition) is 1. The molecule has 3 aromatic carbocycles. The van der Waals surface area contributed by atoms with Crippen LogP contribution < -0.4 is 10.1 Å². The predicted molar refractivity (Wildman–Crippen MR) is 179 cm³/mol. The molecule has 1 amide bonds. The highest BCUT2D eigenvalue weighted by atomic mass is 35.5. The molecule has 1 aliphatic rings. The number of Topliss-reactive ketones (excluding diaryl/α,β-unsaturated/α-hetero) is 1. The number of carbonyl (C=O) groups excluding carboxylic acids is 2. The van der Waals surface area contributed by atoms with Crippen molar-refractivity contribution in [1.29, 1.82) is 0 Å². The van der Waals surface area contributed by atoms with Gasteiger partial charge in [0.1, 0.15) is 5.75 Å². The highest BCUT2D eigenvalue weighted by Gasteiger charge is 2.30. The number of rotatable bonds is 11. The van der Waals surface area contributed by atoms with E-state index in [1.165, 1.54) is 11.3 Å². The fourth-order valence-corrected chi connectivity index (χ4v) is 7.95. The van der Waals surface area contributed by atoms with Crippen LogP contribution in [0.5, 0.6) is 5.75 Å². The Morgan fingerprint density at radius 3 is 2.35 bits per heavy atom. The molecule has 5 rings (SSSR count). The van der Waals surface area contributed by atoms with Gasteiger partial charge in [0.15, 0.2) is 5.78 Å². The average Bonchev–Trinajstić information content (AvgIpc) is 3.38. The molecule has 7 heteroatoms. The van der Waals surface area contributed by atoms with Crippen molar-refractivity contribution in [1.82, 2.24) is 10.2 Å². The van der Waals surface area contributed by atoms with Gasteiger partial charge in [-0.1, -0.05) is 48.0 Å². The third kappa shape index (κ3) is 7.14. The van der Waals surface area contributed by atoms with E-state index in [4.69, 9.17) is 16.3 Å². The van der Waals surface area contributed by atoms with E-state index in [0.29, 0.717) is 33.8 Å². The van der Waals surface area contributed by atoms with Gasteiger partial charge < -0.3 is 15.0 Å². The lowest BCUT2D eigenvalue weighted by Gasteiger charge is -2.34. The predicted octanol–water partition coefficient (Wildman–Crippen LogP) is 8.53. The maximum Gasteiger partial charge on any atom is 0.253 e. The number of benzene rings is 3. The fourth-order valence-electron chi connectivity index (χ4n) is 6.47. The quantitative estimate of drug-likeness (QED) is 0.172. The number of hydrogen-bond acceptors (Lipinski definition) is 5. The van der Waals surface area contributed by atoms with Crippen LogP contribution >= 0.6 is 22.9 Å². The van der Waals surface area contributed by atoms with Crippen molar-refractivity contribution in [2.24, 2.45) is 11.8 Å². The molecular formula is C36H41ClN2O3S. The van der Waals surface area contributed by atoms with Crippen LogP contribution in [0.25, 0.3) is 21.2 Å². The standard InChI is InChI=1S/C36H41ClN2O3S/c1-38-29-18-15-24(16-19-29)27(22-31(40)35-34(37)30-7-5-6-8-33(30)43-35)13-14-28-21-26(17-20-32(28)42-4)23-9-11-25(12-10-23)36(41)39(2)3/h5-12,17,20-21,24,27,29,38H,13-16,18-19,22H2,1-4H3. The molecule has 0 spiro atoms. The van der Waals surface area contributed by atoms with Gasteiger partial charge in [-0.15, -0.1) is 11.3 Å². The van der Waals surface area contributed by atoms with E-state index in [9.17, 15) is 9.59 Å². The lowest BCUT2D eigenvalue weighted by atomic mass is 9.74. The first-order valence-electron chi connectivity index (χ1n) is 15.2. The number of amides is 1. The zero-order valence-corrected chi connectivity index (χ0v) is 27.1. The summed E-state index contributed by atoms with van der Waals surface area (Å²) in [6.07, 6.45) is 6.75. The summed E-state index contributed by atoms with van der Waals surface area (Å²) in [5, 5.41) is 5.00. The van der Waals surface area contributed by atoms with Gasteiger partial charge >= 0.3 is 0 Å². The number of ether oxygens (including phenoxy) is 1. The largest absolute Gasteiger partial charge is 0.496 e. The molecule has 1 fully saturated rings. The summed E-state index contributed by atoms with van der Waals surface area (Å²) in [4.78, 5) is 28.4. The van der Waals surface area contributed by atoms with Gasteiger partial charge in [0.2, 0.25) is 0 Å². The van der Waals surface area contributed by atoms with Crippen molar-refractivity contribution in [3.8, 4) is 16.9 Å². The normalized spacial score (nSPS) is 17.5. The minimum absolute atomic E-state index is 0.0109. The minimum atomic E-state index is -0.0109. The van der Waals surface area contributed by atoms with Gasteiger partial charge in [-0.2, -0.15) is 0 Å². The number of nitrogens with zero attached hydrogens (tertiary/aromatic N) is 1. The number of ketones is 1. The van der Waals surface area contributed by atoms with E-state index in [2.05, 4.69) is 17.4 Å². The summed E-state index contributed by atoms with van der Waals surface area (Å²) in [5.74, 6) is 1.76. The molecule has 1 aliphatic carbocycles. The van der Waals surface area contributed by atoms with Crippen LogP contribution in [-0.4, -0.2) is 50.9 Å². The van der Waals surface area contributed by atoms with Crippen molar-refractivity contribution in [2.45, 2.75) is 51.0 Å². The highest BCUT2D eigenvalue weighted by molar-refractivity contribution is 7.21. The molecule has 226 valence electrons. The zero-order chi connectivity index (χ0) is 30.5. The van der Waals surface area contributed by atoms with Gasteiger partial charge in [-0.25, -0.2) is 0 Å². The summed E-state index contributed by atoms with van der Waals surface area (Å²) >= 11 is 8.25. The first-order chi connectivity index (χ1) is 20.8. The Bertz CT molecular complexity index is 1570. The summed E-state index contributed by atoms with van der Waals surface area (Å²) in [7, 11) is 7.28. The number of thiophene rings is 1. The zero-order valence-electron chi connectivity index (χ0n) is 25.5. The number of aryl methyl sites for hydroxylation is 1. The molecule has 1 unspecified atom stereocenters. The monoisotopic (exact) mass is 616 g/mol. The second kappa shape index (κ2) is 14.1. The second-order valence-corrected chi connectivity index (χ2v) is 13.3. The molecule has 0 radical (unpaired) electrons. The fraction of sp³-hybridized carbons (Fsp3) is 0.389. The van der Waals surface area contributed by atoms with E-state index in [-0.39, 0.29) is 17.6 Å². The van der Waals surface area contributed by atoms with Crippen LogP contribution in [-0.2, 0) is 6.42 Å². The topological polar surface area (TPSA) is 58.6 Å². The Hall–Kier alpha value is -3.19. The molecule has 0 aliphatic heterocycles. The Labute approximate surface area is 264 Å². The Kier molecular flexibility index (Phi) is 10.2. The summed E-state index contributed by atoms with van der Waals surface area (Å²) in [5.41, 5.74) is 3.94. The van der Waals surface area contributed by atoms with Gasteiger partial charge in [-0.3, -0.25) is 9.59 Å². The van der Waals surface area contributed by atoms with Gasteiger partial charge in [-0.05, 0) is 104 Å². The van der Waals surface area contributed by atoms with Crippen LogP contribution in [0.4, 0.5) is 0 Å². The van der Waals surface area contributed by atoms with Crippen molar-refractivity contribution in [2.75, 3.05) is 28.3 Å². The van der Waals surface area contributed by atoms with Crippen molar-refractivity contribution < 1.29 is 14.3 Å². The van der Waals surface area contributed by atoms with Crippen molar-refractivity contribution in [3.63, 3.8) is 0 Å². The van der Waals surface area contributed by atoms with Crippen LogP contribution in [0.1, 0.15) is 64.1 Å². The molecule has 1 heterocycles. The van der Waals surface area contributed by atoms with E-state index in [1.54, 1.807) is 26.1 Å². The molecule has 0 bridgehead atoms. The number of halogens is 1. The summed E-state index contributed by atoms with van der Waals surface area (Å²) in [6, 6.07) is 22.6. The SMILES string of the molecule is CNC1CCC(C(CCc2cc(-c3ccc(C(=O)N(C)C)cc3)ccc2OC)CC(=O)c2sc3ccccc3c2Cl)CC1. The molecular weight excluding hydrogens is 576 g/mol. The third-order valence-electron chi connectivity index (χ3n) is 9.02. The second-order valence-electron chi connectivity index (χ2n) is 11.9. The van der Waals surface area contributed by atoms with E-state index in [0.717, 1.165) is 71.1 Å². The average molecular weight is 617 g/mol. The minimum Gasteiger partial charge on any atom is -0.496 e. The van der Waals surface area contributed by atoms with Crippen LogP contribution in [0.15, 0.2) is 66.7 Å². The lowest BCUT2D eigenvalue weighted by molar-refractivity contribution is 0.0827.